The molecule has 5 rings (SSSR count). The number of aromatic nitrogens is 2. The normalized spacial score (nSPS) is 13.6. The molecule has 1 unspecified atom stereocenters. The number of benzene rings is 4. The average molecular weight is 400 g/mol. The number of aliphatic hydroxyl groups is 1. The van der Waals surface area contributed by atoms with Gasteiger partial charge in [0.15, 0.2) is 0 Å². The van der Waals surface area contributed by atoms with Gasteiger partial charge in [0.05, 0.1) is 17.4 Å². The Hall–Kier alpha value is -3.57. The first kappa shape index (κ1) is 18.5. The van der Waals surface area contributed by atoms with Crippen molar-refractivity contribution in [1.29, 1.82) is 0 Å². The van der Waals surface area contributed by atoms with Crippen LogP contribution in [0.5, 0.6) is 0 Å². The van der Waals surface area contributed by atoms with E-state index in [4.69, 9.17) is 0 Å². The number of alkyl halides is 1. The van der Waals surface area contributed by atoms with Crippen molar-refractivity contribution in [2.24, 2.45) is 0 Å². The molecular weight excluding hydrogens is 382 g/mol. The molecule has 1 aromatic heterocycles. The van der Waals surface area contributed by atoms with Crippen molar-refractivity contribution in [3.8, 4) is 5.69 Å². The molecule has 0 spiro atoms. The first-order chi connectivity index (χ1) is 14.6. The largest absolute Gasteiger partial charge is 0.378 e. The van der Waals surface area contributed by atoms with Crippen LogP contribution in [-0.4, -0.2) is 21.6 Å². The summed E-state index contributed by atoms with van der Waals surface area (Å²) in [5.41, 5.74) is 0.565. The topological polar surface area (TPSA) is 38.1 Å². The molecule has 0 bridgehead atoms. The van der Waals surface area contributed by atoms with Crippen molar-refractivity contribution in [2.45, 2.75) is 5.60 Å². The van der Waals surface area contributed by atoms with Crippen LogP contribution in [0.2, 0.25) is 0 Å². The molecule has 0 saturated heterocycles. The van der Waals surface area contributed by atoms with Gasteiger partial charge < -0.3 is 5.11 Å². The Morgan fingerprint density at radius 1 is 0.867 bits per heavy atom. The molecule has 0 amide bonds. The van der Waals surface area contributed by atoms with Gasteiger partial charge in [-0.3, -0.25) is 0 Å². The maximum absolute atomic E-state index is 14.3. The third kappa shape index (κ3) is 2.78. The summed E-state index contributed by atoms with van der Waals surface area (Å²) in [6.07, 6.45) is 1.69. The maximum atomic E-state index is 14.3. The van der Waals surface area contributed by atoms with Gasteiger partial charge in [-0.15, -0.1) is 0 Å². The Labute approximate surface area is 171 Å². The summed E-state index contributed by atoms with van der Waals surface area (Å²) in [5, 5.41) is 17.5. The summed E-state index contributed by atoms with van der Waals surface area (Å²) in [6, 6.07) is 24.4. The van der Waals surface area contributed by atoms with Gasteiger partial charge in [-0.25, -0.2) is 13.5 Å². The number of hydrogen-bond donors (Lipinski definition) is 1. The third-order valence-electron chi connectivity index (χ3n) is 5.56. The number of nitrogens with zero attached hydrogens (tertiary/aromatic N) is 2. The molecule has 5 heteroatoms. The van der Waals surface area contributed by atoms with E-state index in [1.807, 2.05) is 36.4 Å². The average Bonchev–Trinajstić information content (AvgIpc) is 3.23. The van der Waals surface area contributed by atoms with E-state index in [1.165, 1.54) is 12.1 Å². The highest BCUT2D eigenvalue weighted by Crippen LogP contribution is 2.37. The van der Waals surface area contributed by atoms with Crippen LogP contribution in [0.4, 0.5) is 8.78 Å². The smallest absolute Gasteiger partial charge is 0.143 e. The predicted octanol–water partition coefficient (Wildman–Crippen LogP) is 5.52. The predicted molar refractivity (Wildman–Crippen MR) is 114 cm³/mol. The fourth-order valence-corrected chi connectivity index (χ4v) is 3.99. The molecule has 0 aliphatic carbocycles. The molecule has 30 heavy (non-hydrogen) atoms. The van der Waals surface area contributed by atoms with E-state index in [0.29, 0.717) is 21.9 Å². The van der Waals surface area contributed by atoms with Gasteiger partial charge in [0.1, 0.15) is 18.1 Å². The fourth-order valence-electron chi connectivity index (χ4n) is 3.99. The summed E-state index contributed by atoms with van der Waals surface area (Å²) >= 11 is 0. The summed E-state index contributed by atoms with van der Waals surface area (Å²) in [5.74, 6) is -0.407. The van der Waals surface area contributed by atoms with Crippen LogP contribution in [0.15, 0.2) is 91.1 Å². The van der Waals surface area contributed by atoms with Crippen LogP contribution < -0.4 is 0 Å². The first-order valence-corrected chi connectivity index (χ1v) is 9.61. The van der Waals surface area contributed by atoms with Crippen molar-refractivity contribution in [1.82, 2.24) is 9.78 Å². The molecule has 1 atom stereocenters. The highest BCUT2D eigenvalue weighted by molar-refractivity contribution is 5.88. The zero-order valence-corrected chi connectivity index (χ0v) is 16.0. The lowest BCUT2D eigenvalue weighted by atomic mass is 9.84. The van der Waals surface area contributed by atoms with Gasteiger partial charge in [0, 0.05) is 10.8 Å². The second-order valence-corrected chi connectivity index (χ2v) is 7.30. The van der Waals surface area contributed by atoms with Gasteiger partial charge in [0.2, 0.25) is 0 Å². The van der Waals surface area contributed by atoms with E-state index in [1.54, 1.807) is 47.3 Å². The Kier molecular flexibility index (Phi) is 4.33. The number of halogens is 2. The minimum absolute atomic E-state index is 0.330. The van der Waals surface area contributed by atoms with Crippen molar-refractivity contribution < 1.29 is 13.9 Å². The first-order valence-electron chi connectivity index (χ1n) is 9.61. The number of rotatable bonds is 4. The zero-order valence-electron chi connectivity index (χ0n) is 16.0. The maximum Gasteiger partial charge on any atom is 0.143 e. The summed E-state index contributed by atoms with van der Waals surface area (Å²) in [6.45, 7) is -1.04. The van der Waals surface area contributed by atoms with Gasteiger partial charge in [-0.05, 0) is 46.8 Å². The second-order valence-electron chi connectivity index (χ2n) is 7.30. The number of para-hydroxylation sites is 1. The van der Waals surface area contributed by atoms with Crippen LogP contribution in [0, 0.1) is 5.82 Å². The van der Waals surface area contributed by atoms with Crippen molar-refractivity contribution in [2.75, 3.05) is 6.67 Å². The molecule has 148 valence electrons. The SMILES string of the molecule is OC(CF)(c1ccc2c(cnn2-c2ccccc2)c1)c1ccc(F)c2ccccc12. The molecular formula is C25H18F2N2O. The molecule has 3 nitrogen and oxygen atoms in total. The molecule has 4 aromatic carbocycles. The molecule has 5 aromatic rings. The lowest BCUT2D eigenvalue weighted by Crippen LogP contribution is -2.30. The highest BCUT2D eigenvalue weighted by atomic mass is 19.1. The Morgan fingerprint density at radius 2 is 1.60 bits per heavy atom. The van der Waals surface area contributed by atoms with Crippen molar-refractivity contribution >= 4 is 21.7 Å². The van der Waals surface area contributed by atoms with E-state index < -0.39 is 18.1 Å². The van der Waals surface area contributed by atoms with E-state index in [2.05, 4.69) is 5.10 Å². The van der Waals surface area contributed by atoms with Gasteiger partial charge in [0.25, 0.3) is 0 Å². The summed E-state index contributed by atoms with van der Waals surface area (Å²) < 4.78 is 30.4. The fraction of sp³-hybridized carbons (Fsp3) is 0.0800. The molecule has 1 heterocycles. The molecule has 0 aliphatic heterocycles. The Morgan fingerprint density at radius 3 is 2.37 bits per heavy atom. The van der Waals surface area contributed by atoms with Crippen LogP contribution in [0.1, 0.15) is 11.1 Å². The lowest BCUT2D eigenvalue weighted by molar-refractivity contribution is 0.0533. The van der Waals surface area contributed by atoms with Crippen LogP contribution >= 0.6 is 0 Å². The molecule has 1 N–H and O–H groups in total. The molecule has 0 radical (unpaired) electrons. The molecule has 0 saturated carbocycles. The van der Waals surface area contributed by atoms with Gasteiger partial charge in [-0.2, -0.15) is 5.10 Å². The van der Waals surface area contributed by atoms with Crippen LogP contribution in [0.3, 0.4) is 0 Å². The third-order valence-corrected chi connectivity index (χ3v) is 5.56. The quantitative estimate of drug-likeness (QED) is 0.431. The van der Waals surface area contributed by atoms with Crippen LogP contribution in [-0.2, 0) is 5.60 Å². The Balaban J connectivity index is 1.68. The summed E-state index contributed by atoms with van der Waals surface area (Å²) in [7, 11) is 0. The van der Waals surface area contributed by atoms with E-state index in [-0.39, 0.29) is 0 Å². The van der Waals surface area contributed by atoms with Crippen molar-refractivity contribution in [3.63, 3.8) is 0 Å². The summed E-state index contributed by atoms with van der Waals surface area (Å²) in [4.78, 5) is 0. The number of fused-ring (bicyclic) bond motifs is 2. The molecule has 0 fully saturated rings. The second kappa shape index (κ2) is 7.04. The minimum atomic E-state index is -1.91. The standard InChI is InChI=1S/C25H18F2N2O/c26-16-25(30,22-11-12-23(27)21-9-5-4-8-20(21)22)18-10-13-24-17(14-18)15-28-29(24)19-6-2-1-3-7-19/h1-15,30H,16H2. The van der Waals surface area contributed by atoms with Gasteiger partial charge in [-0.1, -0.05) is 54.6 Å². The van der Waals surface area contributed by atoms with Crippen LogP contribution in [0.25, 0.3) is 27.4 Å². The van der Waals surface area contributed by atoms with Gasteiger partial charge >= 0.3 is 0 Å². The van der Waals surface area contributed by atoms with E-state index in [0.717, 1.165) is 16.6 Å². The van der Waals surface area contributed by atoms with Crippen molar-refractivity contribution in [3.05, 3.63) is 108 Å². The Bertz CT molecular complexity index is 1360. The van der Waals surface area contributed by atoms with E-state index in [9.17, 15) is 13.9 Å². The molecule has 0 aliphatic rings. The number of hydrogen-bond acceptors (Lipinski definition) is 2. The monoisotopic (exact) mass is 400 g/mol. The lowest BCUT2D eigenvalue weighted by Gasteiger charge is -2.28. The minimum Gasteiger partial charge on any atom is -0.378 e. The highest BCUT2D eigenvalue weighted by Gasteiger charge is 2.34. The zero-order chi connectivity index (χ0) is 20.7. The van der Waals surface area contributed by atoms with E-state index >= 15 is 0 Å².